The molecule has 0 radical (unpaired) electrons. The number of fused-ring (bicyclic) bond motifs is 1. The number of hydrogen-bond acceptors (Lipinski definition) is 5. The van der Waals surface area contributed by atoms with E-state index < -0.39 is 18.2 Å². The van der Waals surface area contributed by atoms with E-state index in [1.807, 2.05) is 12.2 Å². The number of amidine groups is 1. The Balaban J connectivity index is -0.00000182. The summed E-state index contributed by atoms with van der Waals surface area (Å²) in [4.78, 5) is 15.5. The monoisotopic (exact) mass is 516 g/mol. The molecule has 2 rings (SSSR count). The Morgan fingerprint density at radius 2 is 1.90 bits per heavy atom. The van der Waals surface area contributed by atoms with Crippen molar-refractivity contribution in [2.24, 2.45) is 10.7 Å². The summed E-state index contributed by atoms with van der Waals surface area (Å²) in [6, 6.07) is 5.29. The van der Waals surface area contributed by atoms with Gasteiger partial charge in [-0.15, -0.1) is 49.6 Å². The third-order valence-electron chi connectivity index (χ3n) is 3.95. The fraction of sp³-hybridized carbons (Fsp3) is 0.529. The van der Waals surface area contributed by atoms with Gasteiger partial charge in [0.2, 0.25) is 0 Å². The van der Waals surface area contributed by atoms with Crippen LogP contribution in [0.3, 0.4) is 0 Å². The maximum absolute atomic E-state index is 12.5. The van der Waals surface area contributed by atoms with Crippen molar-refractivity contribution in [3.05, 3.63) is 23.8 Å². The molecule has 6 nitrogen and oxygen atoms in total. The third-order valence-corrected chi connectivity index (χ3v) is 3.95. The van der Waals surface area contributed by atoms with E-state index in [1.54, 1.807) is 25.1 Å². The summed E-state index contributed by atoms with van der Waals surface area (Å²) in [5.41, 5.74) is 7.14. The lowest BCUT2D eigenvalue weighted by molar-refractivity contribution is -0.174. The third kappa shape index (κ3) is 9.78. The number of nitrogens with zero attached hydrogens (tertiary/aromatic N) is 1. The summed E-state index contributed by atoms with van der Waals surface area (Å²) in [7, 11) is 0. The Bertz CT molecular complexity index is 693. The normalized spacial score (nSPS) is 15.4. The van der Waals surface area contributed by atoms with Crippen LogP contribution in [0.4, 0.5) is 18.9 Å². The van der Waals surface area contributed by atoms with Gasteiger partial charge in [-0.3, -0.25) is 10.1 Å². The molecule has 176 valence electrons. The number of nitrogens with one attached hydrogen (secondary N) is 2. The van der Waals surface area contributed by atoms with Gasteiger partial charge in [-0.25, -0.2) is 4.99 Å². The number of nitrogens with two attached hydrogens (primary N) is 1. The molecule has 4 N–H and O–H groups in total. The zero-order chi connectivity index (χ0) is 19.3. The lowest BCUT2D eigenvalue weighted by atomic mass is 10.1. The fourth-order valence-corrected chi connectivity index (χ4v) is 2.46. The highest BCUT2D eigenvalue weighted by molar-refractivity contribution is 5.89. The Hall–Kier alpha value is -1.13. The molecule has 0 aromatic heterocycles. The summed E-state index contributed by atoms with van der Waals surface area (Å²) in [6.45, 7) is 3.99. The average molecular weight is 518 g/mol. The number of alkyl halides is 3. The van der Waals surface area contributed by atoms with Crippen LogP contribution >= 0.6 is 49.6 Å². The Morgan fingerprint density at radius 3 is 2.47 bits per heavy atom. The highest BCUT2D eigenvalue weighted by atomic mass is 35.5. The van der Waals surface area contributed by atoms with E-state index >= 15 is 0 Å². The molecule has 1 amide bonds. The van der Waals surface area contributed by atoms with Crippen LogP contribution in [-0.2, 0) is 11.3 Å². The number of rotatable bonds is 7. The zero-order valence-corrected chi connectivity index (χ0v) is 19.6. The minimum atomic E-state index is -4.90. The summed E-state index contributed by atoms with van der Waals surface area (Å²) in [5.74, 6) is -0.986. The van der Waals surface area contributed by atoms with Gasteiger partial charge in [0.05, 0.1) is 6.17 Å². The van der Waals surface area contributed by atoms with Crippen molar-refractivity contribution in [2.45, 2.75) is 58.1 Å². The van der Waals surface area contributed by atoms with E-state index in [1.165, 1.54) is 0 Å². The van der Waals surface area contributed by atoms with Crippen molar-refractivity contribution in [2.75, 3.05) is 0 Å². The number of halogens is 7. The standard InChI is InChI=1S/C17H23F3N4O2.4ClH/c1-3-4-5-14(24-16(25)17(18,19)20)22-9-11-6-7-13-12(8-11)23-15(21)10(2)26-13;;;;/h6-8,10,14,22H,3-5,9H2,1-2H3,(H2,21,23)(H,24,25);4*1H. The molecule has 1 aliphatic rings. The highest BCUT2D eigenvalue weighted by Crippen LogP contribution is 2.32. The molecule has 13 heteroatoms. The van der Waals surface area contributed by atoms with Crippen molar-refractivity contribution in [1.82, 2.24) is 10.6 Å². The van der Waals surface area contributed by atoms with E-state index in [4.69, 9.17) is 10.5 Å². The predicted molar refractivity (Wildman–Crippen MR) is 121 cm³/mol. The van der Waals surface area contributed by atoms with Crippen LogP contribution < -0.4 is 21.1 Å². The molecule has 2 atom stereocenters. The smallest absolute Gasteiger partial charge is 0.471 e. The molecule has 0 bridgehead atoms. The molecule has 0 spiro atoms. The quantitative estimate of drug-likeness (QED) is 0.467. The molecular weight excluding hydrogens is 491 g/mol. The van der Waals surface area contributed by atoms with Gasteiger partial charge >= 0.3 is 12.1 Å². The van der Waals surface area contributed by atoms with Crippen LogP contribution in [-0.4, -0.2) is 30.2 Å². The Labute approximate surface area is 198 Å². The van der Waals surface area contributed by atoms with E-state index in [9.17, 15) is 18.0 Å². The SMILES string of the molecule is CCCCC(NCc1ccc2c(c1)N=C(N)C(C)O2)NC(=O)C(F)(F)F.Cl.Cl.Cl.Cl. The topological polar surface area (TPSA) is 88.7 Å². The van der Waals surface area contributed by atoms with Crippen LogP contribution in [0.2, 0.25) is 0 Å². The number of carbonyl (C=O) groups excluding carboxylic acids is 1. The number of benzene rings is 1. The fourth-order valence-electron chi connectivity index (χ4n) is 2.46. The molecule has 0 saturated heterocycles. The first-order valence-electron chi connectivity index (χ1n) is 8.45. The van der Waals surface area contributed by atoms with Crippen LogP contribution in [0.15, 0.2) is 23.2 Å². The lowest BCUT2D eigenvalue weighted by Gasteiger charge is -2.23. The molecule has 1 aromatic rings. The van der Waals surface area contributed by atoms with Gasteiger partial charge in [0.1, 0.15) is 17.3 Å². The number of hydrogen-bond donors (Lipinski definition) is 3. The zero-order valence-electron chi connectivity index (χ0n) is 16.3. The van der Waals surface area contributed by atoms with Gasteiger partial charge in [0.25, 0.3) is 0 Å². The molecule has 1 heterocycles. The first kappa shape index (κ1) is 33.5. The molecule has 1 aromatic carbocycles. The second-order valence-corrected chi connectivity index (χ2v) is 6.15. The van der Waals surface area contributed by atoms with Crippen LogP contribution in [0.25, 0.3) is 0 Å². The van der Waals surface area contributed by atoms with E-state index in [0.29, 0.717) is 30.1 Å². The summed E-state index contributed by atoms with van der Waals surface area (Å²) < 4.78 is 43.0. The molecule has 30 heavy (non-hydrogen) atoms. The summed E-state index contributed by atoms with van der Waals surface area (Å²) in [6.07, 6.45) is -4.09. The first-order valence-corrected chi connectivity index (χ1v) is 8.45. The summed E-state index contributed by atoms with van der Waals surface area (Å²) >= 11 is 0. The average Bonchev–Trinajstić information content (AvgIpc) is 2.57. The molecule has 2 unspecified atom stereocenters. The largest absolute Gasteiger partial charge is 0.481 e. The van der Waals surface area contributed by atoms with E-state index in [2.05, 4.69) is 10.3 Å². The maximum Gasteiger partial charge on any atom is 0.471 e. The van der Waals surface area contributed by atoms with Crippen LogP contribution in [0.1, 0.15) is 38.7 Å². The molecule has 0 fully saturated rings. The molecule has 0 aliphatic carbocycles. The van der Waals surface area contributed by atoms with Gasteiger partial charge in [-0.2, -0.15) is 13.2 Å². The highest BCUT2D eigenvalue weighted by Gasteiger charge is 2.39. The number of aliphatic imine (C=N–C) groups is 1. The molecule has 0 saturated carbocycles. The first-order chi connectivity index (χ1) is 12.2. The van der Waals surface area contributed by atoms with Crippen LogP contribution in [0.5, 0.6) is 5.75 Å². The van der Waals surface area contributed by atoms with Crippen molar-refractivity contribution in [3.63, 3.8) is 0 Å². The van der Waals surface area contributed by atoms with Crippen LogP contribution in [0, 0.1) is 0 Å². The number of carbonyl (C=O) groups is 1. The van der Waals surface area contributed by atoms with Gasteiger partial charge < -0.3 is 15.8 Å². The minimum absolute atomic E-state index is 0. The minimum Gasteiger partial charge on any atom is -0.481 e. The molecule has 1 aliphatic heterocycles. The van der Waals surface area contributed by atoms with E-state index in [0.717, 1.165) is 12.0 Å². The lowest BCUT2D eigenvalue weighted by Crippen LogP contribution is -2.49. The number of unbranched alkanes of at least 4 members (excludes halogenated alkanes) is 1. The summed E-state index contributed by atoms with van der Waals surface area (Å²) in [5, 5.41) is 4.94. The predicted octanol–water partition coefficient (Wildman–Crippen LogP) is 4.43. The number of amides is 1. The second-order valence-electron chi connectivity index (χ2n) is 6.15. The Kier molecular flexibility index (Phi) is 16.5. The number of ether oxygens (including phenoxy) is 1. The van der Waals surface area contributed by atoms with Gasteiger partial charge in [0, 0.05) is 6.54 Å². The van der Waals surface area contributed by atoms with Crippen molar-refractivity contribution < 1.29 is 22.7 Å². The second kappa shape index (κ2) is 14.8. The van der Waals surface area contributed by atoms with Crippen molar-refractivity contribution in [1.29, 1.82) is 0 Å². The van der Waals surface area contributed by atoms with E-state index in [-0.39, 0.29) is 62.3 Å². The Morgan fingerprint density at radius 1 is 1.27 bits per heavy atom. The molecular formula is C17H27Cl4F3N4O2. The van der Waals surface area contributed by atoms with Gasteiger partial charge in [-0.1, -0.05) is 25.8 Å². The maximum atomic E-state index is 12.5. The van der Waals surface area contributed by atoms with Gasteiger partial charge in [0.15, 0.2) is 6.10 Å². The van der Waals surface area contributed by atoms with Crippen molar-refractivity contribution in [3.8, 4) is 5.75 Å². The van der Waals surface area contributed by atoms with Gasteiger partial charge in [-0.05, 0) is 31.0 Å². The van der Waals surface area contributed by atoms with Crippen molar-refractivity contribution >= 4 is 67.1 Å².